The Morgan fingerprint density at radius 3 is 3.06 bits per heavy atom. The number of carbonyl (C=O) groups excluding carboxylic acids is 1. The molecule has 2 rings (SSSR count). The zero-order valence-corrected chi connectivity index (χ0v) is 11.4. The lowest BCUT2D eigenvalue weighted by Crippen LogP contribution is -2.44. The Bertz CT molecular complexity index is 380. The minimum atomic E-state index is -0.622. The van der Waals surface area contributed by atoms with Crippen molar-refractivity contribution in [1.82, 2.24) is 10.6 Å². The molecule has 0 spiro atoms. The zero-order valence-electron chi connectivity index (χ0n) is 10.6. The molecule has 1 aliphatic rings. The van der Waals surface area contributed by atoms with E-state index in [9.17, 15) is 9.90 Å². The Kier molecular flexibility index (Phi) is 4.60. The van der Waals surface area contributed by atoms with Crippen LogP contribution in [0.2, 0.25) is 0 Å². The fourth-order valence-electron chi connectivity index (χ4n) is 2.35. The van der Waals surface area contributed by atoms with Gasteiger partial charge in [0.05, 0.1) is 6.10 Å². The molecule has 3 unspecified atom stereocenters. The van der Waals surface area contributed by atoms with Crippen molar-refractivity contribution < 1.29 is 9.90 Å². The molecule has 0 bridgehead atoms. The summed E-state index contributed by atoms with van der Waals surface area (Å²) >= 11 is 1.54. The summed E-state index contributed by atoms with van der Waals surface area (Å²) < 4.78 is 0. The van der Waals surface area contributed by atoms with Crippen molar-refractivity contribution in [2.75, 3.05) is 6.54 Å². The van der Waals surface area contributed by atoms with Gasteiger partial charge in [-0.1, -0.05) is 13.3 Å². The molecule has 1 aromatic rings. The van der Waals surface area contributed by atoms with Crippen molar-refractivity contribution in [3.05, 3.63) is 22.4 Å². The Balaban J connectivity index is 1.71. The maximum Gasteiger partial charge on any atom is 0.315 e. The van der Waals surface area contributed by atoms with Crippen molar-refractivity contribution in [3.63, 3.8) is 0 Å². The Morgan fingerprint density at radius 2 is 2.44 bits per heavy atom. The fourth-order valence-corrected chi connectivity index (χ4v) is 3.06. The van der Waals surface area contributed by atoms with Crippen molar-refractivity contribution >= 4 is 17.4 Å². The lowest BCUT2D eigenvalue weighted by atomic mass is 10.1. The van der Waals surface area contributed by atoms with Crippen LogP contribution >= 0.6 is 11.3 Å². The summed E-state index contributed by atoms with van der Waals surface area (Å²) in [5.41, 5.74) is 0.856. The maximum atomic E-state index is 11.7. The molecule has 1 saturated carbocycles. The minimum Gasteiger partial charge on any atom is -0.387 e. The average Bonchev–Trinajstić information content (AvgIpc) is 2.99. The van der Waals surface area contributed by atoms with Gasteiger partial charge < -0.3 is 15.7 Å². The summed E-state index contributed by atoms with van der Waals surface area (Å²) in [5.74, 6) is 0.553. The largest absolute Gasteiger partial charge is 0.387 e. The maximum absolute atomic E-state index is 11.7. The van der Waals surface area contributed by atoms with E-state index in [0.29, 0.717) is 5.92 Å². The molecule has 3 atom stereocenters. The second-order valence-electron chi connectivity index (χ2n) is 4.94. The topological polar surface area (TPSA) is 61.4 Å². The van der Waals surface area contributed by atoms with E-state index in [1.165, 1.54) is 12.8 Å². The second-order valence-corrected chi connectivity index (χ2v) is 5.72. The highest BCUT2D eigenvalue weighted by molar-refractivity contribution is 7.07. The van der Waals surface area contributed by atoms with E-state index in [-0.39, 0.29) is 18.6 Å². The molecule has 3 N–H and O–H groups in total. The first-order valence-electron chi connectivity index (χ1n) is 6.41. The van der Waals surface area contributed by atoms with Crippen LogP contribution in [0.5, 0.6) is 0 Å². The van der Waals surface area contributed by atoms with Crippen LogP contribution in [0, 0.1) is 5.92 Å². The highest BCUT2D eigenvalue weighted by Gasteiger charge is 2.24. The summed E-state index contributed by atoms with van der Waals surface area (Å²) in [6.07, 6.45) is 2.80. The van der Waals surface area contributed by atoms with E-state index in [1.807, 2.05) is 16.8 Å². The number of thiophene rings is 1. The SMILES string of the molecule is CC1CCCC1NC(=O)NCC(O)c1ccsc1. The van der Waals surface area contributed by atoms with Crippen molar-refractivity contribution in [1.29, 1.82) is 0 Å². The molecule has 0 aliphatic heterocycles. The van der Waals surface area contributed by atoms with Crippen molar-refractivity contribution in [3.8, 4) is 0 Å². The molecular formula is C13H20N2O2S. The number of nitrogens with one attached hydrogen (secondary N) is 2. The number of aliphatic hydroxyl groups is 1. The van der Waals surface area contributed by atoms with Crippen LogP contribution in [-0.4, -0.2) is 23.7 Å². The van der Waals surface area contributed by atoms with E-state index in [0.717, 1.165) is 12.0 Å². The van der Waals surface area contributed by atoms with Crippen LogP contribution in [-0.2, 0) is 0 Å². The molecule has 4 nitrogen and oxygen atoms in total. The standard InChI is InChI=1S/C13H20N2O2S/c1-9-3-2-4-11(9)15-13(17)14-7-12(16)10-5-6-18-8-10/h5-6,8-9,11-12,16H,2-4,7H2,1H3,(H2,14,15,17). The van der Waals surface area contributed by atoms with Crippen LogP contribution in [0.3, 0.4) is 0 Å². The minimum absolute atomic E-state index is 0.178. The third kappa shape index (κ3) is 3.46. The van der Waals surface area contributed by atoms with Gasteiger partial charge in [-0.05, 0) is 41.1 Å². The molecule has 1 aromatic heterocycles. The van der Waals surface area contributed by atoms with Gasteiger partial charge in [-0.3, -0.25) is 0 Å². The van der Waals surface area contributed by atoms with E-state index in [2.05, 4.69) is 17.6 Å². The van der Waals surface area contributed by atoms with Crippen LogP contribution in [0.25, 0.3) is 0 Å². The van der Waals surface area contributed by atoms with Gasteiger partial charge in [0.2, 0.25) is 0 Å². The Labute approximate surface area is 111 Å². The summed E-state index contributed by atoms with van der Waals surface area (Å²) in [4.78, 5) is 11.7. The zero-order chi connectivity index (χ0) is 13.0. The van der Waals surface area contributed by atoms with Gasteiger partial charge in [0, 0.05) is 12.6 Å². The first-order valence-corrected chi connectivity index (χ1v) is 7.35. The molecule has 0 radical (unpaired) electrons. The van der Waals surface area contributed by atoms with Crippen molar-refractivity contribution in [2.45, 2.75) is 38.3 Å². The third-order valence-electron chi connectivity index (χ3n) is 3.56. The van der Waals surface area contributed by atoms with Gasteiger partial charge in [-0.2, -0.15) is 11.3 Å². The third-order valence-corrected chi connectivity index (χ3v) is 4.26. The number of hydrogen-bond acceptors (Lipinski definition) is 3. The normalized spacial score (nSPS) is 24.8. The number of amides is 2. The quantitative estimate of drug-likeness (QED) is 0.784. The smallest absolute Gasteiger partial charge is 0.315 e. The van der Waals surface area contributed by atoms with Gasteiger partial charge in [-0.15, -0.1) is 0 Å². The van der Waals surface area contributed by atoms with Gasteiger partial charge >= 0.3 is 6.03 Å². The monoisotopic (exact) mass is 268 g/mol. The molecule has 5 heteroatoms. The van der Waals surface area contributed by atoms with Crippen LogP contribution in [0.4, 0.5) is 4.79 Å². The van der Waals surface area contributed by atoms with E-state index < -0.39 is 6.10 Å². The molecule has 18 heavy (non-hydrogen) atoms. The first-order chi connectivity index (χ1) is 8.66. The van der Waals surface area contributed by atoms with Gasteiger partial charge in [0.1, 0.15) is 0 Å². The molecule has 1 aliphatic carbocycles. The number of urea groups is 1. The van der Waals surface area contributed by atoms with Gasteiger partial charge in [0.15, 0.2) is 0 Å². The first kappa shape index (κ1) is 13.4. The molecule has 1 heterocycles. The summed E-state index contributed by atoms with van der Waals surface area (Å²) in [5, 5.41) is 19.3. The molecular weight excluding hydrogens is 248 g/mol. The highest BCUT2D eigenvalue weighted by atomic mass is 32.1. The fraction of sp³-hybridized carbons (Fsp3) is 0.615. The summed E-state index contributed by atoms with van der Waals surface area (Å²) in [6.45, 7) is 2.42. The Hall–Kier alpha value is -1.07. The van der Waals surface area contributed by atoms with Gasteiger partial charge in [-0.25, -0.2) is 4.79 Å². The van der Waals surface area contributed by atoms with Crippen LogP contribution in [0.1, 0.15) is 37.9 Å². The summed E-state index contributed by atoms with van der Waals surface area (Å²) in [7, 11) is 0. The predicted molar refractivity (Wildman–Crippen MR) is 72.6 cm³/mol. The number of hydrogen-bond donors (Lipinski definition) is 3. The molecule has 100 valence electrons. The van der Waals surface area contributed by atoms with Crippen molar-refractivity contribution in [2.24, 2.45) is 5.92 Å². The van der Waals surface area contributed by atoms with Gasteiger partial charge in [0.25, 0.3) is 0 Å². The second kappa shape index (κ2) is 6.20. The lowest BCUT2D eigenvalue weighted by molar-refractivity contribution is 0.172. The number of aliphatic hydroxyl groups excluding tert-OH is 1. The predicted octanol–water partition coefficient (Wildman–Crippen LogP) is 2.27. The van der Waals surface area contributed by atoms with E-state index in [1.54, 1.807) is 11.3 Å². The summed E-state index contributed by atoms with van der Waals surface area (Å²) in [6, 6.07) is 1.97. The van der Waals surface area contributed by atoms with Crippen LogP contribution in [0.15, 0.2) is 16.8 Å². The number of rotatable bonds is 4. The molecule has 2 amide bonds. The van der Waals surface area contributed by atoms with Crippen LogP contribution < -0.4 is 10.6 Å². The lowest BCUT2D eigenvalue weighted by Gasteiger charge is -2.18. The highest BCUT2D eigenvalue weighted by Crippen LogP contribution is 2.24. The molecule has 0 aromatic carbocycles. The van der Waals surface area contributed by atoms with E-state index >= 15 is 0 Å². The number of carbonyl (C=O) groups is 1. The van der Waals surface area contributed by atoms with E-state index in [4.69, 9.17) is 0 Å². The average molecular weight is 268 g/mol. The molecule has 0 saturated heterocycles. The Morgan fingerprint density at radius 1 is 1.61 bits per heavy atom. The molecule has 1 fully saturated rings.